The largest absolute Gasteiger partial charge is 0.330 e. The second kappa shape index (κ2) is 4.14. The second-order valence-corrected chi connectivity index (χ2v) is 3.99. The van der Waals surface area contributed by atoms with Gasteiger partial charge >= 0.3 is 0 Å². The van der Waals surface area contributed by atoms with Gasteiger partial charge in [-0.2, -0.15) is 0 Å². The summed E-state index contributed by atoms with van der Waals surface area (Å²) in [6.45, 7) is 2.88. The summed E-state index contributed by atoms with van der Waals surface area (Å²) in [5.41, 5.74) is 0.920. The molecule has 4 heteroatoms. The zero-order valence-corrected chi connectivity index (χ0v) is 9.83. The first-order valence-corrected chi connectivity index (χ1v) is 5.48. The van der Waals surface area contributed by atoms with Gasteiger partial charge in [0.15, 0.2) is 0 Å². The predicted octanol–water partition coefficient (Wildman–Crippen LogP) is 3.47. The molecule has 2 aromatic rings. The van der Waals surface area contributed by atoms with Crippen LogP contribution in [0.25, 0.3) is 11.4 Å². The molecule has 0 unspecified atom stereocenters. The minimum Gasteiger partial charge on any atom is -0.330 e. The minimum atomic E-state index is -0.229. The number of benzene rings is 1. The van der Waals surface area contributed by atoms with Gasteiger partial charge in [-0.1, -0.05) is 0 Å². The first-order chi connectivity index (χ1) is 7.20. The van der Waals surface area contributed by atoms with Crippen LogP contribution in [0.1, 0.15) is 6.92 Å². The molecule has 78 valence electrons. The SMILES string of the molecule is CCn1cc(Br)nc1-c1ccc(F)cc1. The van der Waals surface area contributed by atoms with Crippen molar-refractivity contribution < 1.29 is 4.39 Å². The maximum Gasteiger partial charge on any atom is 0.141 e. The van der Waals surface area contributed by atoms with E-state index in [0.717, 1.165) is 22.5 Å². The Hall–Kier alpha value is -1.16. The van der Waals surface area contributed by atoms with Gasteiger partial charge in [-0.3, -0.25) is 0 Å². The van der Waals surface area contributed by atoms with Crippen LogP contribution in [0.2, 0.25) is 0 Å². The van der Waals surface area contributed by atoms with Gasteiger partial charge in [0.25, 0.3) is 0 Å². The molecule has 1 aromatic heterocycles. The Labute approximate surface area is 95.9 Å². The fourth-order valence-corrected chi connectivity index (χ4v) is 1.87. The molecule has 0 atom stereocenters. The third-order valence-corrected chi connectivity index (χ3v) is 2.57. The fraction of sp³-hybridized carbons (Fsp3) is 0.182. The monoisotopic (exact) mass is 268 g/mol. The quantitative estimate of drug-likeness (QED) is 0.816. The molecule has 0 radical (unpaired) electrons. The highest BCUT2D eigenvalue weighted by atomic mass is 79.9. The van der Waals surface area contributed by atoms with Gasteiger partial charge in [0.2, 0.25) is 0 Å². The van der Waals surface area contributed by atoms with Crippen molar-refractivity contribution in [1.29, 1.82) is 0 Å². The van der Waals surface area contributed by atoms with Crippen molar-refractivity contribution in [2.45, 2.75) is 13.5 Å². The lowest BCUT2D eigenvalue weighted by atomic mass is 10.2. The standard InChI is InChI=1S/C11H10BrFN2/c1-2-15-7-10(12)14-11(15)8-3-5-9(13)6-4-8/h3-7H,2H2,1H3. The van der Waals surface area contributed by atoms with E-state index in [1.54, 1.807) is 12.1 Å². The summed E-state index contributed by atoms with van der Waals surface area (Å²) in [6.07, 6.45) is 1.92. The normalized spacial score (nSPS) is 10.6. The van der Waals surface area contributed by atoms with Crippen molar-refractivity contribution in [2.24, 2.45) is 0 Å². The van der Waals surface area contributed by atoms with Crippen LogP contribution < -0.4 is 0 Å². The molecule has 0 amide bonds. The Morgan fingerprint density at radius 2 is 2.00 bits per heavy atom. The first kappa shape index (κ1) is 10.4. The van der Waals surface area contributed by atoms with Gasteiger partial charge in [0.1, 0.15) is 16.2 Å². The van der Waals surface area contributed by atoms with Crippen LogP contribution >= 0.6 is 15.9 Å². The Balaban J connectivity index is 2.48. The fourth-order valence-electron chi connectivity index (χ4n) is 1.45. The average Bonchev–Trinajstić information content (AvgIpc) is 2.61. The molecule has 15 heavy (non-hydrogen) atoms. The van der Waals surface area contributed by atoms with Crippen LogP contribution in [0.4, 0.5) is 4.39 Å². The topological polar surface area (TPSA) is 17.8 Å². The van der Waals surface area contributed by atoms with Crippen molar-refractivity contribution >= 4 is 15.9 Å². The van der Waals surface area contributed by atoms with Crippen LogP contribution in [0.15, 0.2) is 35.1 Å². The summed E-state index contributed by atoms with van der Waals surface area (Å²) >= 11 is 3.33. The number of halogens is 2. The molecule has 2 rings (SSSR count). The van der Waals surface area contributed by atoms with Gasteiger partial charge in [-0.25, -0.2) is 9.37 Å². The number of hydrogen-bond donors (Lipinski definition) is 0. The summed E-state index contributed by atoms with van der Waals surface area (Å²) in [7, 11) is 0. The maximum atomic E-state index is 12.8. The predicted molar refractivity (Wildman–Crippen MR) is 61.0 cm³/mol. The van der Waals surface area contributed by atoms with Crippen LogP contribution in [0, 0.1) is 5.82 Å². The Bertz CT molecular complexity index is 462. The molecular formula is C11H10BrFN2. The third-order valence-electron chi connectivity index (χ3n) is 2.19. The van der Waals surface area contributed by atoms with E-state index in [2.05, 4.69) is 20.9 Å². The highest BCUT2D eigenvalue weighted by molar-refractivity contribution is 9.10. The molecule has 0 aliphatic heterocycles. The molecule has 0 fully saturated rings. The summed E-state index contributed by atoms with van der Waals surface area (Å²) < 4.78 is 15.6. The van der Waals surface area contributed by atoms with E-state index in [1.807, 2.05) is 17.7 Å². The highest BCUT2D eigenvalue weighted by Crippen LogP contribution is 2.21. The number of hydrogen-bond acceptors (Lipinski definition) is 1. The van der Waals surface area contributed by atoms with E-state index in [-0.39, 0.29) is 5.82 Å². The molecule has 0 bridgehead atoms. The number of rotatable bonds is 2. The molecule has 0 saturated heterocycles. The lowest BCUT2D eigenvalue weighted by Gasteiger charge is -2.03. The molecule has 0 aliphatic carbocycles. The summed E-state index contributed by atoms with van der Waals surface area (Å²) in [5.74, 6) is 0.622. The molecule has 0 saturated carbocycles. The van der Waals surface area contributed by atoms with Gasteiger partial charge in [0, 0.05) is 18.3 Å². The smallest absolute Gasteiger partial charge is 0.141 e. The Morgan fingerprint density at radius 3 is 2.60 bits per heavy atom. The van der Waals surface area contributed by atoms with Crippen molar-refractivity contribution in [1.82, 2.24) is 9.55 Å². The highest BCUT2D eigenvalue weighted by Gasteiger charge is 2.07. The van der Waals surface area contributed by atoms with E-state index < -0.39 is 0 Å². The third kappa shape index (κ3) is 2.09. The molecule has 0 N–H and O–H groups in total. The van der Waals surface area contributed by atoms with Crippen LogP contribution in [0.3, 0.4) is 0 Å². The van der Waals surface area contributed by atoms with Crippen LogP contribution in [-0.4, -0.2) is 9.55 Å². The second-order valence-electron chi connectivity index (χ2n) is 3.18. The summed E-state index contributed by atoms with van der Waals surface area (Å²) in [6, 6.07) is 6.35. The van der Waals surface area contributed by atoms with E-state index in [1.165, 1.54) is 12.1 Å². The van der Waals surface area contributed by atoms with Crippen LogP contribution in [0.5, 0.6) is 0 Å². The van der Waals surface area contributed by atoms with Gasteiger partial charge in [0.05, 0.1) is 0 Å². The Kier molecular flexibility index (Phi) is 2.86. The molecule has 0 aliphatic rings. The van der Waals surface area contributed by atoms with Crippen molar-refractivity contribution in [3.05, 3.63) is 40.9 Å². The van der Waals surface area contributed by atoms with Gasteiger partial charge < -0.3 is 4.57 Å². The number of aromatic nitrogens is 2. The van der Waals surface area contributed by atoms with Crippen molar-refractivity contribution in [3.63, 3.8) is 0 Å². The van der Waals surface area contributed by atoms with E-state index in [9.17, 15) is 4.39 Å². The number of nitrogens with zero attached hydrogens (tertiary/aromatic N) is 2. The maximum absolute atomic E-state index is 12.8. The lowest BCUT2D eigenvalue weighted by molar-refractivity contribution is 0.628. The molecular weight excluding hydrogens is 259 g/mol. The van der Waals surface area contributed by atoms with E-state index in [0.29, 0.717) is 0 Å². The summed E-state index contributed by atoms with van der Waals surface area (Å²) in [5, 5.41) is 0. The molecule has 0 spiro atoms. The zero-order chi connectivity index (χ0) is 10.8. The average molecular weight is 269 g/mol. The Morgan fingerprint density at radius 1 is 1.33 bits per heavy atom. The lowest BCUT2D eigenvalue weighted by Crippen LogP contribution is -1.95. The molecule has 1 heterocycles. The van der Waals surface area contributed by atoms with Crippen LogP contribution in [-0.2, 0) is 6.54 Å². The number of imidazole rings is 1. The molecule has 2 nitrogen and oxygen atoms in total. The van der Waals surface area contributed by atoms with Crippen molar-refractivity contribution in [3.8, 4) is 11.4 Å². The van der Waals surface area contributed by atoms with E-state index in [4.69, 9.17) is 0 Å². The zero-order valence-electron chi connectivity index (χ0n) is 8.24. The van der Waals surface area contributed by atoms with Gasteiger partial charge in [-0.05, 0) is 47.1 Å². The summed E-state index contributed by atoms with van der Waals surface area (Å²) in [4.78, 5) is 4.34. The van der Waals surface area contributed by atoms with Crippen molar-refractivity contribution in [2.75, 3.05) is 0 Å². The first-order valence-electron chi connectivity index (χ1n) is 4.69. The van der Waals surface area contributed by atoms with E-state index >= 15 is 0 Å². The van der Waals surface area contributed by atoms with Gasteiger partial charge in [-0.15, -0.1) is 0 Å². The minimum absolute atomic E-state index is 0.229. The number of aryl methyl sites for hydroxylation is 1. The molecule has 1 aromatic carbocycles.